The molecule has 4 heteroatoms. The average molecular weight is 315 g/mol. The first-order chi connectivity index (χ1) is 7.40. The molecular weight excluding hydrogens is 301 g/mol. The lowest BCUT2D eigenvalue weighted by Gasteiger charge is -1.99. The van der Waals surface area contributed by atoms with Crippen LogP contribution >= 0.6 is 22.6 Å². The van der Waals surface area contributed by atoms with E-state index in [1.165, 1.54) is 17.3 Å². The van der Waals surface area contributed by atoms with E-state index in [0.29, 0.717) is 0 Å². The highest BCUT2D eigenvalue weighted by molar-refractivity contribution is 14.1. The Hall–Kier alpha value is -0.780. The van der Waals surface area contributed by atoms with E-state index in [-0.39, 0.29) is 0 Å². The Labute approximate surface area is 103 Å². The first-order valence-electron chi connectivity index (χ1n) is 5.15. The second-order valence-electron chi connectivity index (χ2n) is 3.43. The topological polar surface area (TPSA) is 40.7 Å². The SMILES string of the molecule is ICCCCNc1nc2ccccc2[nH]1. The zero-order valence-electron chi connectivity index (χ0n) is 8.46. The minimum absolute atomic E-state index is 0.879. The highest BCUT2D eigenvalue weighted by atomic mass is 127. The van der Waals surface area contributed by atoms with Crippen LogP contribution < -0.4 is 5.32 Å². The Morgan fingerprint density at radius 2 is 2.13 bits per heavy atom. The van der Waals surface area contributed by atoms with Crippen molar-refractivity contribution >= 4 is 39.6 Å². The van der Waals surface area contributed by atoms with E-state index in [4.69, 9.17) is 0 Å². The number of hydrogen-bond acceptors (Lipinski definition) is 2. The number of halogens is 1. The third-order valence-corrected chi connectivity index (χ3v) is 3.01. The third kappa shape index (κ3) is 2.84. The Balaban J connectivity index is 1.97. The van der Waals surface area contributed by atoms with Crippen LogP contribution in [0.1, 0.15) is 12.8 Å². The number of rotatable bonds is 5. The molecule has 1 aromatic carbocycles. The van der Waals surface area contributed by atoms with Crippen LogP contribution in [-0.4, -0.2) is 20.9 Å². The molecule has 15 heavy (non-hydrogen) atoms. The number of para-hydroxylation sites is 2. The van der Waals surface area contributed by atoms with Gasteiger partial charge in [-0.25, -0.2) is 4.98 Å². The Morgan fingerprint density at radius 1 is 1.27 bits per heavy atom. The van der Waals surface area contributed by atoms with Crippen LogP contribution in [0.3, 0.4) is 0 Å². The van der Waals surface area contributed by atoms with Gasteiger partial charge in [-0.1, -0.05) is 34.7 Å². The number of nitrogens with one attached hydrogen (secondary N) is 2. The Bertz CT molecular complexity index is 391. The van der Waals surface area contributed by atoms with Gasteiger partial charge in [-0.05, 0) is 29.4 Å². The van der Waals surface area contributed by atoms with Crippen molar-refractivity contribution in [2.45, 2.75) is 12.8 Å². The Kier molecular flexibility index (Phi) is 3.82. The molecule has 0 radical (unpaired) electrons. The molecule has 0 saturated heterocycles. The van der Waals surface area contributed by atoms with Crippen molar-refractivity contribution in [1.29, 1.82) is 0 Å². The van der Waals surface area contributed by atoms with E-state index >= 15 is 0 Å². The van der Waals surface area contributed by atoms with Crippen LogP contribution in [0, 0.1) is 0 Å². The Morgan fingerprint density at radius 3 is 2.93 bits per heavy atom. The maximum atomic E-state index is 4.44. The summed E-state index contributed by atoms with van der Waals surface area (Å²) in [5.41, 5.74) is 2.11. The molecule has 0 saturated carbocycles. The highest BCUT2D eigenvalue weighted by Gasteiger charge is 1.99. The smallest absolute Gasteiger partial charge is 0.201 e. The molecule has 1 aromatic heterocycles. The number of H-pyrrole nitrogens is 1. The molecule has 0 aliphatic carbocycles. The van der Waals surface area contributed by atoms with Crippen molar-refractivity contribution in [3.63, 3.8) is 0 Å². The van der Waals surface area contributed by atoms with Gasteiger partial charge >= 0.3 is 0 Å². The van der Waals surface area contributed by atoms with Crippen molar-refractivity contribution < 1.29 is 0 Å². The fraction of sp³-hybridized carbons (Fsp3) is 0.364. The summed E-state index contributed by atoms with van der Waals surface area (Å²) in [5, 5.41) is 3.30. The van der Waals surface area contributed by atoms with E-state index in [2.05, 4.69) is 37.9 Å². The van der Waals surface area contributed by atoms with Crippen molar-refractivity contribution in [3.05, 3.63) is 24.3 Å². The van der Waals surface area contributed by atoms with Crippen LogP contribution in [0.15, 0.2) is 24.3 Å². The zero-order chi connectivity index (χ0) is 10.5. The number of aromatic amines is 1. The van der Waals surface area contributed by atoms with Crippen molar-refractivity contribution in [2.75, 3.05) is 16.3 Å². The first-order valence-corrected chi connectivity index (χ1v) is 6.67. The monoisotopic (exact) mass is 315 g/mol. The van der Waals surface area contributed by atoms with Gasteiger partial charge in [0, 0.05) is 6.54 Å². The molecular formula is C11H14IN3. The number of hydrogen-bond donors (Lipinski definition) is 2. The summed E-state index contributed by atoms with van der Waals surface area (Å²) in [7, 11) is 0. The molecule has 0 unspecified atom stereocenters. The van der Waals surface area contributed by atoms with Gasteiger partial charge in [-0.3, -0.25) is 0 Å². The molecule has 1 heterocycles. The lowest BCUT2D eigenvalue weighted by atomic mass is 10.3. The fourth-order valence-corrected chi connectivity index (χ4v) is 2.00. The molecule has 0 bridgehead atoms. The molecule has 0 spiro atoms. The zero-order valence-corrected chi connectivity index (χ0v) is 10.6. The van der Waals surface area contributed by atoms with Crippen LogP contribution in [-0.2, 0) is 0 Å². The van der Waals surface area contributed by atoms with Crippen LogP contribution in [0.2, 0.25) is 0 Å². The molecule has 2 aromatic rings. The number of anilines is 1. The van der Waals surface area contributed by atoms with E-state index in [1.807, 2.05) is 24.3 Å². The average Bonchev–Trinajstić information content (AvgIpc) is 2.67. The van der Waals surface area contributed by atoms with E-state index < -0.39 is 0 Å². The van der Waals surface area contributed by atoms with E-state index in [0.717, 1.165) is 23.5 Å². The molecule has 2 N–H and O–H groups in total. The molecule has 0 aliphatic rings. The lowest BCUT2D eigenvalue weighted by molar-refractivity contribution is 0.845. The highest BCUT2D eigenvalue weighted by Crippen LogP contribution is 2.13. The number of alkyl halides is 1. The van der Waals surface area contributed by atoms with Crippen LogP contribution in [0.25, 0.3) is 11.0 Å². The number of aromatic nitrogens is 2. The number of fused-ring (bicyclic) bond motifs is 1. The summed E-state index contributed by atoms with van der Waals surface area (Å²) < 4.78 is 1.22. The van der Waals surface area contributed by atoms with Gasteiger partial charge in [0.1, 0.15) is 0 Å². The minimum Gasteiger partial charge on any atom is -0.356 e. The van der Waals surface area contributed by atoms with Crippen LogP contribution in [0.4, 0.5) is 5.95 Å². The minimum atomic E-state index is 0.879. The quantitative estimate of drug-likeness (QED) is 0.505. The molecule has 80 valence electrons. The summed E-state index contributed by atoms with van der Waals surface area (Å²) in [6.45, 7) is 0.989. The third-order valence-electron chi connectivity index (χ3n) is 2.24. The van der Waals surface area contributed by atoms with Gasteiger partial charge in [0.2, 0.25) is 5.95 Å². The van der Waals surface area contributed by atoms with Gasteiger partial charge in [-0.2, -0.15) is 0 Å². The number of unbranched alkanes of at least 4 members (excludes halogenated alkanes) is 1. The second kappa shape index (κ2) is 5.34. The predicted octanol–water partition coefficient (Wildman–Crippen LogP) is 3.19. The van der Waals surface area contributed by atoms with Crippen molar-refractivity contribution in [3.8, 4) is 0 Å². The molecule has 0 fully saturated rings. The predicted molar refractivity (Wildman–Crippen MR) is 72.7 cm³/mol. The summed E-state index contributed by atoms with van der Waals surface area (Å²) in [4.78, 5) is 7.69. The van der Waals surface area contributed by atoms with E-state index in [9.17, 15) is 0 Å². The number of nitrogens with zero attached hydrogens (tertiary/aromatic N) is 1. The van der Waals surface area contributed by atoms with Crippen molar-refractivity contribution in [1.82, 2.24) is 9.97 Å². The molecule has 0 amide bonds. The normalized spacial score (nSPS) is 10.7. The second-order valence-corrected chi connectivity index (χ2v) is 4.50. The van der Waals surface area contributed by atoms with Gasteiger partial charge in [0.25, 0.3) is 0 Å². The summed E-state index contributed by atoms with van der Waals surface area (Å²) in [5.74, 6) is 0.879. The summed E-state index contributed by atoms with van der Waals surface area (Å²) in [6, 6.07) is 8.07. The fourth-order valence-electron chi connectivity index (χ4n) is 1.46. The van der Waals surface area contributed by atoms with Crippen LogP contribution in [0.5, 0.6) is 0 Å². The number of benzene rings is 1. The van der Waals surface area contributed by atoms with Gasteiger partial charge < -0.3 is 10.3 Å². The molecule has 0 atom stereocenters. The summed E-state index contributed by atoms with van der Waals surface area (Å²) in [6.07, 6.45) is 2.45. The molecule has 2 rings (SSSR count). The number of imidazole rings is 1. The van der Waals surface area contributed by atoms with Crippen molar-refractivity contribution in [2.24, 2.45) is 0 Å². The first kappa shape index (κ1) is 10.7. The lowest BCUT2D eigenvalue weighted by Crippen LogP contribution is -2.02. The molecule has 3 nitrogen and oxygen atoms in total. The standard InChI is InChI=1S/C11H14IN3/c12-7-3-4-8-13-11-14-9-5-1-2-6-10(9)15-11/h1-2,5-6H,3-4,7-8H2,(H2,13,14,15). The maximum absolute atomic E-state index is 4.44. The molecule has 0 aliphatic heterocycles. The van der Waals surface area contributed by atoms with Gasteiger partial charge in [0.05, 0.1) is 11.0 Å². The van der Waals surface area contributed by atoms with E-state index in [1.54, 1.807) is 0 Å². The van der Waals surface area contributed by atoms with Gasteiger partial charge in [-0.15, -0.1) is 0 Å². The largest absolute Gasteiger partial charge is 0.356 e. The summed E-state index contributed by atoms with van der Waals surface area (Å²) >= 11 is 2.40. The van der Waals surface area contributed by atoms with Gasteiger partial charge in [0.15, 0.2) is 0 Å². The maximum Gasteiger partial charge on any atom is 0.201 e.